The van der Waals surface area contributed by atoms with Gasteiger partial charge in [0, 0.05) is 43.5 Å². The lowest BCUT2D eigenvalue weighted by molar-refractivity contribution is -0.116. The number of amides is 1. The smallest absolute Gasteiger partial charge is 0.223 e. The molecule has 2 N–H and O–H groups in total. The zero-order chi connectivity index (χ0) is 14.8. The number of benzene rings is 1. The average Bonchev–Trinajstić information content (AvgIpc) is 2.76. The van der Waals surface area contributed by atoms with Gasteiger partial charge in [0.1, 0.15) is 0 Å². The van der Waals surface area contributed by atoms with Gasteiger partial charge in [-0.15, -0.1) is 0 Å². The number of hydrogen-bond donors (Lipinski definition) is 2. The lowest BCUT2D eigenvalue weighted by Crippen LogP contribution is -2.38. The van der Waals surface area contributed by atoms with Crippen LogP contribution < -0.4 is 15.5 Å². The predicted octanol–water partition coefficient (Wildman–Crippen LogP) is 2.40. The van der Waals surface area contributed by atoms with Gasteiger partial charge in [-0.25, -0.2) is 0 Å². The lowest BCUT2D eigenvalue weighted by Gasteiger charge is -2.21. The van der Waals surface area contributed by atoms with Crippen molar-refractivity contribution in [2.75, 3.05) is 29.9 Å². The zero-order valence-corrected chi connectivity index (χ0v) is 12.9. The molecule has 4 nitrogen and oxygen atoms in total. The van der Waals surface area contributed by atoms with Crippen molar-refractivity contribution in [2.45, 2.75) is 39.7 Å². The molecule has 0 bridgehead atoms. The van der Waals surface area contributed by atoms with E-state index in [1.165, 1.54) is 5.56 Å². The third-order valence-electron chi connectivity index (χ3n) is 3.46. The van der Waals surface area contributed by atoms with Gasteiger partial charge in [0.15, 0.2) is 0 Å². The van der Waals surface area contributed by atoms with Crippen LogP contribution in [0.3, 0.4) is 0 Å². The van der Waals surface area contributed by atoms with E-state index in [1.54, 1.807) is 6.92 Å². The summed E-state index contributed by atoms with van der Waals surface area (Å²) in [6.45, 7) is 10.8. The first-order valence-corrected chi connectivity index (χ1v) is 7.27. The van der Waals surface area contributed by atoms with Crippen molar-refractivity contribution in [3.63, 3.8) is 0 Å². The Morgan fingerprint density at radius 3 is 2.70 bits per heavy atom. The number of carbonyl (C=O) groups is 1. The number of nitrogens with one attached hydrogen (secondary N) is 2. The Labute approximate surface area is 121 Å². The van der Waals surface area contributed by atoms with Crippen LogP contribution in [-0.2, 0) is 11.2 Å². The van der Waals surface area contributed by atoms with Crippen molar-refractivity contribution < 1.29 is 4.79 Å². The molecule has 0 fully saturated rings. The van der Waals surface area contributed by atoms with Gasteiger partial charge in [-0.3, -0.25) is 4.79 Å². The molecule has 0 spiro atoms. The SMILES string of the molecule is CC(=O)N1CCc2cc(NCCNC(C)(C)C)ccc21. The van der Waals surface area contributed by atoms with E-state index in [1.807, 2.05) is 11.0 Å². The zero-order valence-electron chi connectivity index (χ0n) is 12.9. The molecule has 1 aromatic rings. The Morgan fingerprint density at radius 2 is 2.05 bits per heavy atom. The van der Waals surface area contributed by atoms with E-state index in [-0.39, 0.29) is 11.4 Å². The first-order chi connectivity index (χ1) is 9.37. The molecule has 20 heavy (non-hydrogen) atoms. The van der Waals surface area contributed by atoms with Crippen molar-refractivity contribution >= 4 is 17.3 Å². The molecule has 1 amide bonds. The van der Waals surface area contributed by atoms with Gasteiger partial charge < -0.3 is 15.5 Å². The molecule has 1 aliphatic heterocycles. The summed E-state index contributed by atoms with van der Waals surface area (Å²) in [6, 6.07) is 6.26. The number of anilines is 2. The third-order valence-corrected chi connectivity index (χ3v) is 3.46. The predicted molar refractivity (Wildman–Crippen MR) is 84.4 cm³/mol. The highest BCUT2D eigenvalue weighted by molar-refractivity contribution is 5.94. The molecular formula is C16H25N3O. The minimum Gasteiger partial charge on any atom is -0.384 e. The van der Waals surface area contributed by atoms with E-state index in [4.69, 9.17) is 0 Å². The van der Waals surface area contributed by atoms with Crippen molar-refractivity contribution in [1.82, 2.24) is 5.32 Å². The molecular weight excluding hydrogens is 250 g/mol. The molecule has 0 saturated heterocycles. The third kappa shape index (κ3) is 3.73. The molecule has 1 aliphatic rings. The fourth-order valence-electron chi connectivity index (χ4n) is 2.48. The van der Waals surface area contributed by atoms with Gasteiger partial charge in [0.25, 0.3) is 0 Å². The largest absolute Gasteiger partial charge is 0.384 e. The Bertz CT molecular complexity index is 491. The molecule has 0 radical (unpaired) electrons. The number of hydrogen-bond acceptors (Lipinski definition) is 3. The van der Waals surface area contributed by atoms with Crippen LogP contribution in [-0.4, -0.2) is 31.1 Å². The second-order valence-corrected chi connectivity index (χ2v) is 6.37. The summed E-state index contributed by atoms with van der Waals surface area (Å²) < 4.78 is 0. The molecule has 110 valence electrons. The summed E-state index contributed by atoms with van der Waals surface area (Å²) in [5, 5.41) is 6.88. The second-order valence-electron chi connectivity index (χ2n) is 6.37. The molecule has 1 aromatic carbocycles. The quantitative estimate of drug-likeness (QED) is 0.829. The van der Waals surface area contributed by atoms with Crippen LogP contribution in [0, 0.1) is 0 Å². The van der Waals surface area contributed by atoms with E-state index in [2.05, 4.69) is 43.5 Å². The monoisotopic (exact) mass is 275 g/mol. The molecule has 1 heterocycles. The van der Waals surface area contributed by atoms with Crippen LogP contribution in [0.5, 0.6) is 0 Å². The molecule has 2 rings (SSSR count). The highest BCUT2D eigenvalue weighted by atomic mass is 16.2. The van der Waals surface area contributed by atoms with Gasteiger partial charge >= 0.3 is 0 Å². The molecule has 0 aromatic heterocycles. The maximum absolute atomic E-state index is 11.5. The molecule has 4 heteroatoms. The maximum atomic E-state index is 11.5. The first kappa shape index (κ1) is 14.9. The van der Waals surface area contributed by atoms with E-state index in [9.17, 15) is 4.79 Å². The van der Waals surface area contributed by atoms with Crippen LogP contribution >= 0.6 is 0 Å². The van der Waals surface area contributed by atoms with Gasteiger partial charge in [-0.05, 0) is 51.0 Å². The van der Waals surface area contributed by atoms with E-state index in [0.29, 0.717) is 0 Å². The van der Waals surface area contributed by atoms with E-state index in [0.717, 1.165) is 37.4 Å². The van der Waals surface area contributed by atoms with Crippen molar-refractivity contribution in [2.24, 2.45) is 0 Å². The maximum Gasteiger partial charge on any atom is 0.223 e. The summed E-state index contributed by atoms with van der Waals surface area (Å²) in [7, 11) is 0. The number of fused-ring (bicyclic) bond motifs is 1. The Balaban J connectivity index is 1.91. The molecule has 0 unspecified atom stereocenters. The van der Waals surface area contributed by atoms with E-state index >= 15 is 0 Å². The second kappa shape index (κ2) is 5.83. The van der Waals surface area contributed by atoms with Crippen molar-refractivity contribution in [1.29, 1.82) is 0 Å². The van der Waals surface area contributed by atoms with Gasteiger partial charge in [-0.1, -0.05) is 0 Å². The highest BCUT2D eigenvalue weighted by Crippen LogP contribution is 2.30. The summed E-state index contributed by atoms with van der Waals surface area (Å²) >= 11 is 0. The number of rotatable bonds is 4. The lowest BCUT2D eigenvalue weighted by atomic mass is 10.1. The van der Waals surface area contributed by atoms with Crippen molar-refractivity contribution in [3.8, 4) is 0 Å². The Morgan fingerprint density at radius 1 is 1.30 bits per heavy atom. The van der Waals surface area contributed by atoms with Gasteiger partial charge in [-0.2, -0.15) is 0 Å². The topological polar surface area (TPSA) is 44.4 Å². The molecule has 0 aliphatic carbocycles. The van der Waals surface area contributed by atoms with Crippen molar-refractivity contribution in [3.05, 3.63) is 23.8 Å². The van der Waals surface area contributed by atoms with Gasteiger partial charge in [0.05, 0.1) is 0 Å². The van der Waals surface area contributed by atoms with E-state index < -0.39 is 0 Å². The molecule has 0 saturated carbocycles. The fourth-order valence-corrected chi connectivity index (χ4v) is 2.48. The summed E-state index contributed by atoms with van der Waals surface area (Å²) in [5.74, 6) is 0.124. The minimum absolute atomic E-state index is 0.124. The summed E-state index contributed by atoms with van der Waals surface area (Å²) in [5.41, 5.74) is 3.61. The molecule has 0 atom stereocenters. The van der Waals surface area contributed by atoms with Crippen LogP contribution in [0.1, 0.15) is 33.3 Å². The van der Waals surface area contributed by atoms with Crippen LogP contribution in [0.15, 0.2) is 18.2 Å². The standard InChI is InChI=1S/C16H25N3O/c1-12(20)19-10-7-13-11-14(5-6-15(13)19)17-8-9-18-16(2,3)4/h5-6,11,17-18H,7-10H2,1-4H3. The Kier molecular flexibility index (Phi) is 4.33. The number of nitrogens with zero attached hydrogens (tertiary/aromatic N) is 1. The van der Waals surface area contributed by atoms with Crippen LogP contribution in [0.25, 0.3) is 0 Å². The normalized spacial score (nSPS) is 14.3. The van der Waals surface area contributed by atoms with Crippen LogP contribution in [0.4, 0.5) is 11.4 Å². The fraction of sp³-hybridized carbons (Fsp3) is 0.562. The van der Waals surface area contributed by atoms with Gasteiger partial charge in [0.2, 0.25) is 5.91 Å². The highest BCUT2D eigenvalue weighted by Gasteiger charge is 2.21. The average molecular weight is 275 g/mol. The summed E-state index contributed by atoms with van der Waals surface area (Å²) in [6.07, 6.45) is 0.949. The first-order valence-electron chi connectivity index (χ1n) is 7.27. The number of carbonyl (C=O) groups excluding carboxylic acids is 1. The summed E-state index contributed by atoms with van der Waals surface area (Å²) in [4.78, 5) is 13.3. The Hall–Kier alpha value is -1.55. The van der Waals surface area contributed by atoms with Crippen LogP contribution in [0.2, 0.25) is 0 Å². The minimum atomic E-state index is 0.124.